The molecule has 1 atom stereocenters. The molecule has 2 heterocycles. The number of carbonyl (C=O) groups is 1. The number of rotatable bonds is 4. The van der Waals surface area contributed by atoms with Crippen molar-refractivity contribution in [2.75, 3.05) is 13.1 Å². The molecule has 1 aliphatic rings. The molecule has 3 rings (SSSR count). The predicted octanol–water partition coefficient (Wildman–Crippen LogP) is 3.96. The fourth-order valence-corrected chi connectivity index (χ4v) is 4.09. The minimum absolute atomic E-state index is 0.0300. The average Bonchev–Trinajstić information content (AvgIpc) is 3.09. The van der Waals surface area contributed by atoms with Crippen molar-refractivity contribution in [3.63, 3.8) is 0 Å². The van der Waals surface area contributed by atoms with Gasteiger partial charge in [0.2, 0.25) is 5.91 Å². The van der Waals surface area contributed by atoms with Gasteiger partial charge >= 0.3 is 6.18 Å². The SMILES string of the molecule is C[C@H](N)C1CCN(C(=O)Cc2csc(-c3ccc(C(F)(F)F)cc3)n2)CC1. The van der Waals surface area contributed by atoms with Crippen LogP contribution >= 0.6 is 11.3 Å². The molecule has 0 saturated carbocycles. The Kier molecular flexibility index (Phi) is 5.86. The first-order valence-electron chi connectivity index (χ1n) is 8.89. The molecule has 0 bridgehead atoms. The predicted molar refractivity (Wildman–Crippen MR) is 99.2 cm³/mol. The summed E-state index contributed by atoms with van der Waals surface area (Å²) in [6, 6.07) is 5.05. The smallest absolute Gasteiger partial charge is 0.342 e. The molecular weight excluding hydrogens is 375 g/mol. The lowest BCUT2D eigenvalue weighted by Crippen LogP contribution is -2.43. The zero-order valence-corrected chi connectivity index (χ0v) is 15.8. The zero-order chi connectivity index (χ0) is 19.6. The molecule has 0 aliphatic carbocycles. The normalized spacial score (nSPS) is 17.1. The molecule has 1 aromatic heterocycles. The Morgan fingerprint density at radius 1 is 1.30 bits per heavy atom. The number of aromatic nitrogens is 1. The monoisotopic (exact) mass is 397 g/mol. The van der Waals surface area contributed by atoms with E-state index in [4.69, 9.17) is 5.73 Å². The number of hydrogen-bond acceptors (Lipinski definition) is 4. The number of carbonyl (C=O) groups excluding carboxylic acids is 1. The number of alkyl halides is 3. The Bertz CT molecular complexity index is 778. The van der Waals surface area contributed by atoms with E-state index in [0.717, 1.165) is 25.0 Å². The van der Waals surface area contributed by atoms with Crippen molar-refractivity contribution < 1.29 is 18.0 Å². The molecule has 2 aromatic rings. The highest BCUT2D eigenvalue weighted by atomic mass is 32.1. The third kappa shape index (κ3) is 4.87. The molecule has 1 saturated heterocycles. The zero-order valence-electron chi connectivity index (χ0n) is 15.0. The summed E-state index contributed by atoms with van der Waals surface area (Å²) < 4.78 is 38.0. The van der Waals surface area contributed by atoms with E-state index >= 15 is 0 Å². The third-order valence-electron chi connectivity index (χ3n) is 4.98. The van der Waals surface area contributed by atoms with E-state index in [9.17, 15) is 18.0 Å². The van der Waals surface area contributed by atoms with Crippen LogP contribution in [0.1, 0.15) is 31.0 Å². The van der Waals surface area contributed by atoms with Crippen LogP contribution in [0.5, 0.6) is 0 Å². The van der Waals surface area contributed by atoms with Gasteiger partial charge < -0.3 is 10.6 Å². The van der Waals surface area contributed by atoms with Gasteiger partial charge in [-0.3, -0.25) is 4.79 Å². The molecule has 1 aromatic carbocycles. The van der Waals surface area contributed by atoms with E-state index in [0.29, 0.717) is 35.3 Å². The lowest BCUT2D eigenvalue weighted by Gasteiger charge is -2.33. The maximum absolute atomic E-state index is 12.7. The topological polar surface area (TPSA) is 59.2 Å². The fourth-order valence-electron chi connectivity index (χ4n) is 3.26. The highest BCUT2D eigenvalue weighted by molar-refractivity contribution is 7.13. The summed E-state index contributed by atoms with van der Waals surface area (Å²) in [6.07, 6.45) is -2.32. The van der Waals surface area contributed by atoms with E-state index in [2.05, 4.69) is 4.98 Å². The Morgan fingerprint density at radius 3 is 2.48 bits per heavy atom. The average molecular weight is 397 g/mol. The van der Waals surface area contributed by atoms with Gasteiger partial charge in [-0.2, -0.15) is 13.2 Å². The number of nitrogens with zero attached hydrogens (tertiary/aromatic N) is 2. The number of piperidine rings is 1. The number of nitrogens with two attached hydrogens (primary N) is 1. The number of likely N-dealkylation sites (tertiary alicyclic amines) is 1. The lowest BCUT2D eigenvalue weighted by atomic mass is 9.91. The molecule has 4 nitrogen and oxygen atoms in total. The van der Waals surface area contributed by atoms with Gasteiger partial charge in [0, 0.05) is 30.1 Å². The summed E-state index contributed by atoms with van der Waals surface area (Å²) in [7, 11) is 0. The van der Waals surface area contributed by atoms with Crippen LogP contribution in [0.15, 0.2) is 29.6 Å². The number of hydrogen-bond donors (Lipinski definition) is 1. The highest BCUT2D eigenvalue weighted by Crippen LogP contribution is 2.32. The molecule has 1 aliphatic heterocycles. The van der Waals surface area contributed by atoms with Gasteiger partial charge in [0.15, 0.2) is 0 Å². The second kappa shape index (κ2) is 7.98. The summed E-state index contributed by atoms with van der Waals surface area (Å²) in [5.41, 5.74) is 6.50. The first kappa shape index (κ1) is 19.8. The first-order valence-corrected chi connectivity index (χ1v) is 9.77. The highest BCUT2D eigenvalue weighted by Gasteiger charge is 2.30. The maximum atomic E-state index is 12.7. The molecular formula is C19H22F3N3OS. The van der Waals surface area contributed by atoms with Crippen LogP contribution < -0.4 is 5.73 Å². The van der Waals surface area contributed by atoms with Gasteiger partial charge in [0.1, 0.15) is 5.01 Å². The van der Waals surface area contributed by atoms with Gasteiger partial charge in [-0.1, -0.05) is 12.1 Å². The van der Waals surface area contributed by atoms with Crippen molar-refractivity contribution >= 4 is 17.2 Å². The van der Waals surface area contributed by atoms with Crippen LogP contribution in [0.4, 0.5) is 13.2 Å². The van der Waals surface area contributed by atoms with Crippen LogP contribution in [0.3, 0.4) is 0 Å². The van der Waals surface area contributed by atoms with E-state index in [-0.39, 0.29) is 18.4 Å². The van der Waals surface area contributed by atoms with E-state index in [1.807, 2.05) is 11.8 Å². The number of amides is 1. The van der Waals surface area contributed by atoms with Crippen molar-refractivity contribution in [3.05, 3.63) is 40.9 Å². The van der Waals surface area contributed by atoms with Crippen LogP contribution in [0, 0.1) is 5.92 Å². The molecule has 1 fully saturated rings. The number of halogens is 3. The van der Waals surface area contributed by atoms with Gasteiger partial charge in [0.05, 0.1) is 17.7 Å². The van der Waals surface area contributed by atoms with Crippen LogP contribution in [-0.2, 0) is 17.4 Å². The Balaban J connectivity index is 1.60. The fraction of sp³-hybridized carbons (Fsp3) is 0.474. The van der Waals surface area contributed by atoms with Crippen LogP contribution in [0.2, 0.25) is 0 Å². The standard InChI is InChI=1S/C19H22F3N3OS/c1-12(23)13-6-8-25(9-7-13)17(26)10-16-11-27-18(24-16)14-2-4-15(5-3-14)19(20,21)22/h2-5,11-13H,6-10,23H2,1H3/t12-/m0/s1. The van der Waals surface area contributed by atoms with E-state index in [1.165, 1.54) is 23.5 Å². The number of thiazole rings is 1. The van der Waals surface area contributed by atoms with Crippen LogP contribution in [-0.4, -0.2) is 34.9 Å². The van der Waals surface area contributed by atoms with E-state index in [1.54, 1.807) is 5.38 Å². The molecule has 0 radical (unpaired) electrons. The van der Waals surface area contributed by atoms with Crippen molar-refractivity contribution in [3.8, 4) is 10.6 Å². The van der Waals surface area contributed by atoms with Crippen molar-refractivity contribution in [1.29, 1.82) is 0 Å². The lowest BCUT2D eigenvalue weighted by molar-refractivity contribution is -0.137. The second-order valence-corrected chi connectivity index (χ2v) is 7.83. The Morgan fingerprint density at radius 2 is 1.93 bits per heavy atom. The first-order chi connectivity index (χ1) is 12.7. The van der Waals surface area contributed by atoms with Gasteiger partial charge in [-0.05, 0) is 37.8 Å². The van der Waals surface area contributed by atoms with Gasteiger partial charge in [-0.15, -0.1) is 11.3 Å². The quantitative estimate of drug-likeness (QED) is 0.850. The van der Waals surface area contributed by atoms with E-state index < -0.39 is 11.7 Å². The summed E-state index contributed by atoms with van der Waals surface area (Å²) >= 11 is 1.33. The maximum Gasteiger partial charge on any atom is 0.416 e. The van der Waals surface area contributed by atoms with Gasteiger partial charge in [-0.25, -0.2) is 4.98 Å². The largest absolute Gasteiger partial charge is 0.416 e. The number of benzene rings is 1. The Labute approximate surface area is 160 Å². The molecule has 8 heteroatoms. The van der Waals surface area contributed by atoms with Gasteiger partial charge in [0.25, 0.3) is 0 Å². The van der Waals surface area contributed by atoms with Crippen molar-refractivity contribution in [1.82, 2.24) is 9.88 Å². The minimum Gasteiger partial charge on any atom is -0.342 e. The van der Waals surface area contributed by atoms with Crippen molar-refractivity contribution in [2.24, 2.45) is 11.7 Å². The summed E-state index contributed by atoms with van der Waals surface area (Å²) in [6.45, 7) is 3.42. The molecule has 0 spiro atoms. The molecule has 1 amide bonds. The van der Waals surface area contributed by atoms with Crippen molar-refractivity contribution in [2.45, 2.75) is 38.4 Å². The summed E-state index contributed by atoms with van der Waals surface area (Å²) in [4.78, 5) is 18.7. The minimum atomic E-state index is -4.35. The van der Waals surface area contributed by atoms with Crippen LogP contribution in [0.25, 0.3) is 10.6 Å². The molecule has 2 N–H and O–H groups in total. The molecule has 0 unspecified atom stereocenters. The molecule has 146 valence electrons. The second-order valence-electron chi connectivity index (χ2n) is 6.97. The molecule has 27 heavy (non-hydrogen) atoms. The summed E-state index contributed by atoms with van der Waals surface area (Å²) in [5, 5.41) is 2.40. The third-order valence-corrected chi connectivity index (χ3v) is 5.92. The summed E-state index contributed by atoms with van der Waals surface area (Å²) in [5.74, 6) is 0.488. The Hall–Kier alpha value is -1.93.